The number of esters is 3. The summed E-state index contributed by atoms with van der Waals surface area (Å²) in [6.07, 6.45) is -6.49. The van der Waals surface area contributed by atoms with Crippen molar-refractivity contribution in [2.24, 2.45) is 5.16 Å². The average molecular weight is 501 g/mol. The van der Waals surface area contributed by atoms with E-state index in [0.717, 1.165) is 0 Å². The van der Waals surface area contributed by atoms with Gasteiger partial charge < -0.3 is 42.7 Å². The number of carbonyl (C=O) groups excluding carboxylic acids is 3. The Bertz CT molecular complexity index is 874. The van der Waals surface area contributed by atoms with Gasteiger partial charge in [-0.15, -0.1) is 0 Å². The highest BCUT2D eigenvalue weighted by atomic mass is 16.8. The lowest BCUT2D eigenvalue weighted by molar-refractivity contribution is -0.238. The number of oxime groups is 1. The van der Waals surface area contributed by atoms with Gasteiger partial charge in [-0.25, -0.2) is 0 Å². The van der Waals surface area contributed by atoms with Crippen LogP contribution in [0.2, 0.25) is 0 Å². The minimum absolute atomic E-state index is 0.106. The lowest BCUT2D eigenvalue weighted by Gasteiger charge is -2.40. The molecule has 3 saturated heterocycles. The van der Waals surface area contributed by atoms with Gasteiger partial charge in [0.25, 0.3) is 0 Å². The Labute approximate surface area is 202 Å². The minimum atomic E-state index is -1.12. The van der Waals surface area contributed by atoms with Gasteiger partial charge in [-0.3, -0.25) is 14.4 Å². The maximum absolute atomic E-state index is 11.9. The van der Waals surface area contributed by atoms with Crippen LogP contribution in [0, 0.1) is 0 Å². The second-order valence-corrected chi connectivity index (χ2v) is 9.25. The number of ether oxygens (including phenoxy) is 8. The van der Waals surface area contributed by atoms with E-state index in [1.165, 1.54) is 27.9 Å². The van der Waals surface area contributed by atoms with Crippen molar-refractivity contribution >= 4 is 23.6 Å². The van der Waals surface area contributed by atoms with Crippen molar-refractivity contribution in [3.63, 3.8) is 0 Å². The van der Waals surface area contributed by atoms with E-state index in [0.29, 0.717) is 5.71 Å². The van der Waals surface area contributed by atoms with Crippen LogP contribution in [0.1, 0.15) is 41.0 Å². The van der Waals surface area contributed by atoms with Gasteiger partial charge in [0.15, 0.2) is 36.5 Å². The first-order valence-corrected chi connectivity index (χ1v) is 11.4. The van der Waals surface area contributed by atoms with Crippen molar-refractivity contribution in [3.8, 4) is 0 Å². The van der Waals surface area contributed by atoms with Gasteiger partial charge >= 0.3 is 17.9 Å². The third-order valence-electron chi connectivity index (χ3n) is 6.04. The molecule has 196 valence electrons. The van der Waals surface area contributed by atoms with Crippen LogP contribution >= 0.6 is 0 Å². The molecule has 0 aromatic heterocycles. The first-order valence-electron chi connectivity index (χ1n) is 11.4. The van der Waals surface area contributed by atoms with Gasteiger partial charge in [-0.1, -0.05) is 5.16 Å². The van der Waals surface area contributed by atoms with E-state index in [2.05, 4.69) is 5.16 Å². The van der Waals surface area contributed by atoms with E-state index >= 15 is 0 Å². The molecule has 0 N–H and O–H groups in total. The maximum Gasteiger partial charge on any atom is 0.303 e. The van der Waals surface area contributed by atoms with E-state index in [4.69, 9.17) is 42.7 Å². The first kappa shape index (κ1) is 25.8. The summed E-state index contributed by atoms with van der Waals surface area (Å²) >= 11 is 0. The molecule has 3 fully saturated rings. The monoisotopic (exact) mass is 501 g/mol. The van der Waals surface area contributed by atoms with Crippen LogP contribution in [0.5, 0.6) is 0 Å². The lowest BCUT2D eigenvalue weighted by Crippen LogP contribution is -2.59. The second-order valence-electron chi connectivity index (χ2n) is 9.25. The van der Waals surface area contributed by atoms with Crippen LogP contribution < -0.4 is 0 Å². The number of nitrogens with zero attached hydrogens (tertiary/aromatic N) is 1. The summed E-state index contributed by atoms with van der Waals surface area (Å²) < 4.78 is 45.4. The van der Waals surface area contributed by atoms with Crippen LogP contribution in [0.4, 0.5) is 0 Å². The predicted octanol–water partition coefficient (Wildman–Crippen LogP) is 0.217. The molecule has 13 heteroatoms. The van der Waals surface area contributed by atoms with Crippen molar-refractivity contribution in [1.82, 2.24) is 0 Å². The van der Waals surface area contributed by atoms with E-state index in [9.17, 15) is 14.4 Å². The third-order valence-corrected chi connectivity index (χ3v) is 6.04. The van der Waals surface area contributed by atoms with Gasteiger partial charge in [0.2, 0.25) is 0 Å². The molecule has 4 aliphatic rings. The summed E-state index contributed by atoms with van der Waals surface area (Å²) in [5.41, 5.74) is 0.416. The van der Waals surface area contributed by atoms with Crippen molar-refractivity contribution in [3.05, 3.63) is 0 Å². The topological polar surface area (TPSA) is 147 Å². The van der Waals surface area contributed by atoms with Crippen LogP contribution in [0.25, 0.3) is 0 Å². The molecule has 0 aromatic rings. The van der Waals surface area contributed by atoms with Crippen LogP contribution in [0.3, 0.4) is 0 Å². The molecule has 9 atom stereocenters. The Morgan fingerprint density at radius 3 is 2.17 bits per heavy atom. The zero-order valence-electron chi connectivity index (χ0n) is 20.5. The molecule has 0 aliphatic carbocycles. The van der Waals surface area contributed by atoms with Crippen LogP contribution in [0.15, 0.2) is 5.16 Å². The highest BCUT2D eigenvalue weighted by molar-refractivity contribution is 5.91. The molecule has 4 aliphatic heterocycles. The molecular formula is C22H31NO12. The maximum atomic E-state index is 11.9. The van der Waals surface area contributed by atoms with Gasteiger partial charge in [0, 0.05) is 34.3 Å². The van der Waals surface area contributed by atoms with E-state index in [1.54, 1.807) is 13.8 Å². The molecular weight excluding hydrogens is 470 g/mol. The van der Waals surface area contributed by atoms with Gasteiger partial charge in [0.05, 0.1) is 12.3 Å². The lowest BCUT2D eigenvalue weighted by atomic mass is 9.92. The largest absolute Gasteiger partial charge is 0.456 e. The molecule has 0 spiro atoms. The fourth-order valence-corrected chi connectivity index (χ4v) is 4.87. The fraction of sp³-hybridized carbons (Fsp3) is 0.818. The zero-order chi connectivity index (χ0) is 25.5. The minimum Gasteiger partial charge on any atom is -0.456 e. The molecule has 0 radical (unpaired) electrons. The fourth-order valence-electron chi connectivity index (χ4n) is 4.87. The number of methoxy groups -OCH3 is 1. The number of rotatable bonds is 6. The number of carbonyl (C=O) groups is 3. The van der Waals surface area contributed by atoms with Gasteiger partial charge in [-0.05, 0) is 13.8 Å². The molecule has 0 bridgehead atoms. The predicted molar refractivity (Wildman–Crippen MR) is 113 cm³/mol. The van der Waals surface area contributed by atoms with E-state index in [1.807, 2.05) is 0 Å². The Balaban J connectivity index is 1.51. The number of hydrogen-bond acceptors (Lipinski definition) is 13. The van der Waals surface area contributed by atoms with Gasteiger partial charge in [-0.2, -0.15) is 0 Å². The van der Waals surface area contributed by atoms with Crippen LogP contribution in [-0.4, -0.2) is 98.2 Å². The van der Waals surface area contributed by atoms with Crippen molar-refractivity contribution in [2.45, 2.75) is 102 Å². The molecule has 4 heterocycles. The third kappa shape index (κ3) is 5.43. The second kappa shape index (κ2) is 9.97. The first-order chi connectivity index (χ1) is 16.5. The molecule has 35 heavy (non-hydrogen) atoms. The Hall–Kier alpha value is -2.32. The molecule has 0 saturated carbocycles. The normalized spacial score (nSPS) is 39.8. The average Bonchev–Trinajstić information content (AvgIpc) is 3.42. The van der Waals surface area contributed by atoms with Crippen molar-refractivity contribution < 1.29 is 57.1 Å². The number of fused-ring (bicyclic) bond motifs is 1. The van der Waals surface area contributed by atoms with Crippen molar-refractivity contribution in [1.29, 1.82) is 0 Å². The standard InChI is InChI=1S/C22H31NO12/c1-9(24)29-14-8-28-15(18(31-11(3)26)17(14)30-10(2)25)12-7-13(35-23-12)16-19-20(21(27-6)32-16)34-22(4,5)33-19/h13-21H,7-8H2,1-6H3/t13-,14-,15+,16+,17+,18+,19+,20+,21+/m1/s1. The number of hydrogen-bond donors (Lipinski definition) is 0. The zero-order valence-corrected chi connectivity index (χ0v) is 20.5. The molecule has 0 unspecified atom stereocenters. The van der Waals surface area contributed by atoms with Gasteiger partial charge in [0.1, 0.15) is 24.4 Å². The summed E-state index contributed by atoms with van der Waals surface area (Å²) in [5.74, 6) is -2.68. The Kier molecular flexibility index (Phi) is 7.34. The molecule has 0 aromatic carbocycles. The summed E-state index contributed by atoms with van der Waals surface area (Å²) in [6, 6.07) is 0. The summed E-state index contributed by atoms with van der Waals surface area (Å²) in [7, 11) is 1.52. The molecule has 13 nitrogen and oxygen atoms in total. The van der Waals surface area contributed by atoms with Crippen LogP contribution in [-0.2, 0) is 57.1 Å². The molecule has 0 amide bonds. The highest BCUT2D eigenvalue weighted by Crippen LogP contribution is 2.42. The smallest absolute Gasteiger partial charge is 0.303 e. The molecule has 4 rings (SSSR count). The summed E-state index contributed by atoms with van der Waals surface area (Å²) in [6.45, 7) is 7.14. The Morgan fingerprint density at radius 1 is 0.914 bits per heavy atom. The highest BCUT2D eigenvalue weighted by Gasteiger charge is 2.59. The SMILES string of the molecule is CO[C@H]1O[C@@H]([C@H]2CC([C@@H]3OC[C@@H](OC(C)=O)[C@H](OC(C)=O)[C@H]3OC(C)=O)=NO2)[C@@H]2OC(C)(C)O[C@H]12. The quantitative estimate of drug-likeness (QED) is 0.362. The van der Waals surface area contributed by atoms with Crippen molar-refractivity contribution in [2.75, 3.05) is 13.7 Å². The Morgan fingerprint density at radius 2 is 1.54 bits per heavy atom. The van der Waals surface area contributed by atoms with E-state index < -0.39 is 78.8 Å². The summed E-state index contributed by atoms with van der Waals surface area (Å²) in [4.78, 5) is 41.0. The van der Waals surface area contributed by atoms with E-state index in [-0.39, 0.29) is 13.0 Å². The summed E-state index contributed by atoms with van der Waals surface area (Å²) in [5, 5.41) is 4.18.